The zero-order valence-electron chi connectivity index (χ0n) is 16.6. The highest BCUT2D eigenvalue weighted by Crippen LogP contribution is 2.25. The van der Waals surface area contributed by atoms with E-state index in [-0.39, 0.29) is 22.7 Å². The number of halogens is 1. The summed E-state index contributed by atoms with van der Waals surface area (Å²) in [6.45, 7) is 3.76. The van der Waals surface area contributed by atoms with Crippen molar-refractivity contribution in [2.45, 2.75) is 38.8 Å². The first-order valence-electron chi connectivity index (χ1n) is 9.69. The first-order valence-corrected chi connectivity index (χ1v) is 10.1. The Morgan fingerprint density at radius 1 is 1.17 bits per heavy atom. The third-order valence-corrected chi connectivity index (χ3v) is 5.05. The normalized spacial score (nSPS) is 14.2. The minimum absolute atomic E-state index is 0.0677. The van der Waals surface area contributed by atoms with Crippen LogP contribution in [0.25, 0.3) is 5.82 Å². The van der Waals surface area contributed by atoms with Gasteiger partial charge >= 0.3 is 5.97 Å². The molecule has 2 heterocycles. The fourth-order valence-electron chi connectivity index (χ4n) is 3.12. The van der Waals surface area contributed by atoms with E-state index in [1.165, 1.54) is 0 Å². The topological polar surface area (TPSA) is 86.1 Å². The smallest absolute Gasteiger partial charge is 0.359 e. The highest BCUT2D eigenvalue weighted by atomic mass is 35.5. The summed E-state index contributed by atoms with van der Waals surface area (Å²) >= 11 is 6.23. The standard InChI is InChI=1S/C22H21ClN4O3/c1-13-12-14(2)27(26-13)18-11-10-17(23)19(25-18)22(29)30-20(15-6-4-3-5-7-15)21(28)24-16-8-9-16/h3-7,10-12,16,20H,8-9H2,1-2H3,(H,24,28). The van der Waals surface area contributed by atoms with Crippen LogP contribution in [0, 0.1) is 13.8 Å². The number of esters is 1. The van der Waals surface area contributed by atoms with Crippen LogP contribution in [-0.4, -0.2) is 32.7 Å². The van der Waals surface area contributed by atoms with Gasteiger partial charge in [0, 0.05) is 17.3 Å². The van der Waals surface area contributed by atoms with Crippen molar-refractivity contribution in [2.75, 3.05) is 0 Å². The van der Waals surface area contributed by atoms with Crippen molar-refractivity contribution in [3.63, 3.8) is 0 Å². The van der Waals surface area contributed by atoms with Crippen LogP contribution in [0.3, 0.4) is 0 Å². The third-order valence-electron chi connectivity index (χ3n) is 4.74. The Kier molecular flexibility index (Phi) is 5.55. The van der Waals surface area contributed by atoms with Crippen LogP contribution in [-0.2, 0) is 9.53 Å². The zero-order chi connectivity index (χ0) is 21.3. The Balaban J connectivity index is 1.62. The van der Waals surface area contributed by atoms with Crippen LogP contribution in [0.15, 0.2) is 48.5 Å². The SMILES string of the molecule is Cc1cc(C)n(-c2ccc(Cl)c(C(=O)OC(C(=O)NC3CC3)c3ccccc3)n2)n1. The Bertz CT molecular complexity index is 1090. The average Bonchev–Trinajstić information content (AvgIpc) is 3.48. The maximum Gasteiger partial charge on any atom is 0.359 e. The molecular formula is C22H21ClN4O3. The lowest BCUT2D eigenvalue weighted by molar-refractivity contribution is -0.130. The first kappa shape index (κ1) is 20.1. The lowest BCUT2D eigenvalue weighted by atomic mass is 10.1. The molecule has 8 heteroatoms. The molecule has 0 radical (unpaired) electrons. The summed E-state index contributed by atoms with van der Waals surface area (Å²) in [4.78, 5) is 30.0. The minimum Gasteiger partial charge on any atom is -0.443 e. The van der Waals surface area contributed by atoms with E-state index in [1.807, 2.05) is 26.0 Å². The van der Waals surface area contributed by atoms with E-state index in [2.05, 4.69) is 15.4 Å². The molecule has 0 spiro atoms. The number of nitrogens with one attached hydrogen (secondary N) is 1. The molecule has 0 saturated heterocycles. The Hall–Kier alpha value is -3.19. The van der Waals surface area contributed by atoms with Crippen molar-refractivity contribution >= 4 is 23.5 Å². The number of pyridine rings is 1. The van der Waals surface area contributed by atoms with Crippen LogP contribution in [0.2, 0.25) is 5.02 Å². The van der Waals surface area contributed by atoms with E-state index < -0.39 is 12.1 Å². The molecule has 1 unspecified atom stereocenters. The maximum absolute atomic E-state index is 12.9. The van der Waals surface area contributed by atoms with Gasteiger partial charge in [0.05, 0.1) is 10.7 Å². The summed E-state index contributed by atoms with van der Waals surface area (Å²) in [6.07, 6.45) is 0.771. The molecule has 7 nitrogen and oxygen atoms in total. The van der Waals surface area contributed by atoms with Crippen molar-refractivity contribution in [1.82, 2.24) is 20.1 Å². The van der Waals surface area contributed by atoms with Gasteiger partial charge in [0.2, 0.25) is 6.10 Å². The predicted octanol–water partition coefficient (Wildman–Crippen LogP) is 3.71. The summed E-state index contributed by atoms with van der Waals surface area (Å²) in [5.41, 5.74) is 2.21. The molecular weight excluding hydrogens is 404 g/mol. The highest BCUT2D eigenvalue weighted by Gasteiger charge is 2.32. The van der Waals surface area contributed by atoms with E-state index >= 15 is 0 Å². The Morgan fingerprint density at radius 2 is 1.90 bits per heavy atom. The third kappa shape index (κ3) is 4.36. The summed E-state index contributed by atoms with van der Waals surface area (Å²) < 4.78 is 7.21. The predicted molar refractivity (Wildman–Crippen MR) is 112 cm³/mol. The molecule has 1 saturated carbocycles. The molecule has 1 fully saturated rings. The van der Waals surface area contributed by atoms with Gasteiger partial charge in [-0.25, -0.2) is 14.5 Å². The summed E-state index contributed by atoms with van der Waals surface area (Å²) in [5.74, 6) is -0.693. The lowest BCUT2D eigenvalue weighted by Gasteiger charge is -2.18. The number of hydrogen-bond acceptors (Lipinski definition) is 5. The molecule has 1 aliphatic carbocycles. The van der Waals surface area contributed by atoms with Crippen molar-refractivity contribution in [1.29, 1.82) is 0 Å². The van der Waals surface area contributed by atoms with Crippen LogP contribution < -0.4 is 5.32 Å². The summed E-state index contributed by atoms with van der Waals surface area (Å²) in [6, 6.07) is 14.2. The van der Waals surface area contributed by atoms with E-state index in [1.54, 1.807) is 41.1 Å². The van der Waals surface area contributed by atoms with Crippen molar-refractivity contribution < 1.29 is 14.3 Å². The van der Waals surface area contributed by atoms with Crippen LogP contribution >= 0.6 is 11.6 Å². The number of aromatic nitrogens is 3. The highest BCUT2D eigenvalue weighted by molar-refractivity contribution is 6.33. The van der Waals surface area contributed by atoms with Crippen LogP contribution in [0.5, 0.6) is 0 Å². The van der Waals surface area contributed by atoms with Crippen molar-refractivity contribution in [3.05, 3.63) is 76.2 Å². The number of amides is 1. The quantitative estimate of drug-likeness (QED) is 0.609. The van der Waals surface area contributed by atoms with Gasteiger partial charge in [0.15, 0.2) is 11.5 Å². The number of carbonyl (C=O) groups excluding carboxylic acids is 2. The summed E-state index contributed by atoms with van der Waals surface area (Å²) in [7, 11) is 0. The number of carbonyl (C=O) groups is 2. The summed E-state index contributed by atoms with van der Waals surface area (Å²) in [5, 5.41) is 7.41. The van der Waals surface area contributed by atoms with Gasteiger partial charge in [-0.1, -0.05) is 41.9 Å². The molecule has 30 heavy (non-hydrogen) atoms. The van der Waals surface area contributed by atoms with Gasteiger partial charge in [-0.15, -0.1) is 0 Å². The van der Waals surface area contributed by atoms with Gasteiger partial charge in [-0.2, -0.15) is 5.10 Å². The van der Waals surface area contributed by atoms with E-state index in [9.17, 15) is 9.59 Å². The van der Waals surface area contributed by atoms with Gasteiger partial charge in [-0.3, -0.25) is 4.79 Å². The van der Waals surface area contributed by atoms with Crippen molar-refractivity contribution in [2.24, 2.45) is 0 Å². The monoisotopic (exact) mass is 424 g/mol. The van der Waals surface area contributed by atoms with E-state index in [4.69, 9.17) is 16.3 Å². The number of aryl methyl sites for hydroxylation is 2. The second kappa shape index (κ2) is 8.28. The first-order chi connectivity index (χ1) is 14.4. The molecule has 1 N–H and O–H groups in total. The Morgan fingerprint density at radius 3 is 2.53 bits per heavy atom. The van der Waals surface area contributed by atoms with Gasteiger partial charge < -0.3 is 10.1 Å². The number of ether oxygens (including phenoxy) is 1. The number of hydrogen-bond donors (Lipinski definition) is 1. The molecule has 1 aromatic carbocycles. The van der Waals surface area contributed by atoms with Gasteiger partial charge in [0.1, 0.15) is 0 Å². The van der Waals surface area contributed by atoms with E-state index in [0.717, 1.165) is 24.2 Å². The molecule has 4 rings (SSSR count). The van der Waals surface area contributed by atoms with Gasteiger partial charge in [-0.05, 0) is 44.9 Å². The fourth-order valence-corrected chi connectivity index (χ4v) is 3.30. The van der Waals surface area contributed by atoms with Gasteiger partial charge in [0.25, 0.3) is 5.91 Å². The minimum atomic E-state index is -1.09. The second-order valence-electron chi connectivity index (χ2n) is 7.32. The fraction of sp³-hybridized carbons (Fsp3) is 0.273. The molecule has 1 atom stereocenters. The average molecular weight is 425 g/mol. The molecule has 3 aromatic rings. The zero-order valence-corrected chi connectivity index (χ0v) is 17.4. The largest absolute Gasteiger partial charge is 0.443 e. The molecule has 1 aliphatic rings. The van der Waals surface area contributed by atoms with Crippen LogP contribution in [0.4, 0.5) is 0 Å². The maximum atomic E-state index is 12.9. The van der Waals surface area contributed by atoms with E-state index in [0.29, 0.717) is 11.4 Å². The number of nitrogens with zero attached hydrogens (tertiary/aromatic N) is 3. The molecule has 0 aliphatic heterocycles. The molecule has 1 amide bonds. The molecule has 0 bridgehead atoms. The molecule has 2 aromatic heterocycles. The Labute approximate surface area is 179 Å². The van der Waals surface area contributed by atoms with Crippen LogP contribution in [0.1, 0.15) is 46.4 Å². The number of benzene rings is 1. The second-order valence-corrected chi connectivity index (χ2v) is 7.72. The lowest BCUT2D eigenvalue weighted by Crippen LogP contribution is -2.33. The molecule has 154 valence electrons. The number of rotatable bonds is 6. The van der Waals surface area contributed by atoms with Crippen molar-refractivity contribution in [3.8, 4) is 5.82 Å².